The predicted molar refractivity (Wildman–Crippen MR) is 94.0 cm³/mol. The van der Waals surface area contributed by atoms with Crippen LogP contribution in [-0.4, -0.2) is 39.2 Å². The number of halogens is 1. The molecule has 1 amide bonds. The van der Waals surface area contributed by atoms with Crippen LogP contribution >= 0.6 is 12.4 Å². The van der Waals surface area contributed by atoms with Gasteiger partial charge in [-0.1, -0.05) is 12.8 Å². The lowest BCUT2D eigenvalue weighted by Crippen LogP contribution is -2.37. The van der Waals surface area contributed by atoms with Gasteiger partial charge in [-0.05, 0) is 51.1 Å². The minimum Gasteiger partial charge on any atom is -0.350 e. The second-order valence-electron chi connectivity index (χ2n) is 5.88. The second kappa shape index (κ2) is 8.66. The number of benzene rings is 1. The highest BCUT2D eigenvalue weighted by Gasteiger charge is 2.30. The number of hydrogen-bond acceptors (Lipinski definition) is 4. The summed E-state index contributed by atoms with van der Waals surface area (Å²) in [5.41, 5.74) is 0.480. The lowest BCUT2D eigenvalue weighted by atomic mass is 10.2. The highest BCUT2D eigenvalue weighted by molar-refractivity contribution is 7.92. The zero-order valence-corrected chi connectivity index (χ0v) is 15.2. The van der Waals surface area contributed by atoms with E-state index in [0.29, 0.717) is 17.0 Å². The summed E-state index contributed by atoms with van der Waals surface area (Å²) in [5, 5.41) is 5.59. The van der Waals surface area contributed by atoms with E-state index in [2.05, 4.69) is 10.6 Å². The Labute approximate surface area is 144 Å². The topological polar surface area (TPSA) is 75.3 Å². The van der Waals surface area contributed by atoms with Crippen molar-refractivity contribution < 1.29 is 13.2 Å². The van der Waals surface area contributed by atoms with E-state index in [1.807, 2.05) is 14.0 Å². The van der Waals surface area contributed by atoms with Crippen molar-refractivity contribution in [3.63, 3.8) is 0 Å². The number of carbonyl (C=O) groups is 1. The average Bonchev–Trinajstić information content (AvgIpc) is 3.07. The van der Waals surface area contributed by atoms with Crippen LogP contribution in [0.2, 0.25) is 0 Å². The van der Waals surface area contributed by atoms with E-state index in [1.165, 1.54) is 0 Å². The summed E-state index contributed by atoms with van der Waals surface area (Å²) in [4.78, 5) is 12.3. The molecule has 0 aliphatic heterocycles. The molecule has 1 aromatic carbocycles. The van der Waals surface area contributed by atoms with Crippen molar-refractivity contribution in [3.8, 4) is 0 Å². The Hall–Kier alpha value is -1.11. The van der Waals surface area contributed by atoms with Crippen molar-refractivity contribution in [2.75, 3.05) is 13.6 Å². The first-order valence-electron chi connectivity index (χ1n) is 7.74. The molecule has 2 N–H and O–H groups in total. The minimum absolute atomic E-state index is 0. The monoisotopic (exact) mass is 360 g/mol. The molecular weight excluding hydrogens is 336 g/mol. The van der Waals surface area contributed by atoms with Gasteiger partial charge in [0.05, 0.1) is 10.1 Å². The fourth-order valence-corrected chi connectivity index (χ4v) is 4.49. The smallest absolute Gasteiger partial charge is 0.251 e. The molecule has 0 heterocycles. The Morgan fingerprint density at radius 3 is 2.30 bits per heavy atom. The van der Waals surface area contributed by atoms with Gasteiger partial charge in [-0.2, -0.15) is 0 Å². The van der Waals surface area contributed by atoms with Gasteiger partial charge < -0.3 is 10.6 Å². The van der Waals surface area contributed by atoms with E-state index in [1.54, 1.807) is 24.3 Å². The molecule has 1 aliphatic rings. The van der Waals surface area contributed by atoms with E-state index >= 15 is 0 Å². The molecule has 1 aliphatic carbocycles. The maximum absolute atomic E-state index is 12.5. The molecule has 0 spiro atoms. The van der Waals surface area contributed by atoms with Crippen molar-refractivity contribution in [2.24, 2.45) is 0 Å². The lowest BCUT2D eigenvalue weighted by Gasteiger charge is -2.13. The molecule has 1 saturated carbocycles. The van der Waals surface area contributed by atoms with Gasteiger partial charge in [0.2, 0.25) is 0 Å². The van der Waals surface area contributed by atoms with Gasteiger partial charge in [0.1, 0.15) is 0 Å². The molecule has 130 valence electrons. The Balaban J connectivity index is 0.00000264. The Morgan fingerprint density at radius 1 is 1.22 bits per heavy atom. The molecule has 1 fully saturated rings. The van der Waals surface area contributed by atoms with E-state index in [4.69, 9.17) is 0 Å². The maximum atomic E-state index is 12.5. The third-order valence-electron chi connectivity index (χ3n) is 4.25. The Bertz CT molecular complexity index is 611. The van der Waals surface area contributed by atoms with Crippen molar-refractivity contribution >= 4 is 28.2 Å². The molecule has 7 heteroatoms. The predicted octanol–water partition coefficient (Wildman–Crippen LogP) is 2.16. The van der Waals surface area contributed by atoms with Crippen LogP contribution in [0.15, 0.2) is 29.2 Å². The summed E-state index contributed by atoms with van der Waals surface area (Å²) in [6.45, 7) is 2.50. The highest BCUT2D eigenvalue weighted by atomic mass is 35.5. The van der Waals surface area contributed by atoms with Crippen molar-refractivity contribution in [2.45, 2.75) is 48.8 Å². The minimum atomic E-state index is -3.25. The van der Waals surface area contributed by atoms with Gasteiger partial charge in [0.25, 0.3) is 5.91 Å². The summed E-state index contributed by atoms with van der Waals surface area (Å²) >= 11 is 0. The summed E-state index contributed by atoms with van der Waals surface area (Å²) in [7, 11) is -1.42. The molecular formula is C16H25ClN2O3S. The van der Waals surface area contributed by atoms with Gasteiger partial charge in [-0.25, -0.2) is 8.42 Å². The van der Waals surface area contributed by atoms with Crippen LogP contribution in [0.1, 0.15) is 43.0 Å². The standard InChI is InChI=1S/C16H24N2O3S.ClH/c1-12(17-2)11-18-16(19)13-7-9-15(10-8-13)22(20,21)14-5-3-4-6-14;/h7-10,12,14,17H,3-6,11H2,1-2H3,(H,18,19);1H. The van der Waals surface area contributed by atoms with Crippen molar-refractivity contribution in [1.29, 1.82) is 0 Å². The molecule has 0 bridgehead atoms. The first kappa shape index (κ1) is 19.9. The molecule has 1 atom stereocenters. The zero-order valence-electron chi connectivity index (χ0n) is 13.5. The van der Waals surface area contributed by atoms with Gasteiger partial charge in [-0.15, -0.1) is 12.4 Å². The lowest BCUT2D eigenvalue weighted by molar-refractivity contribution is 0.0950. The molecule has 2 rings (SSSR count). The maximum Gasteiger partial charge on any atom is 0.251 e. The molecule has 0 radical (unpaired) electrons. The van der Waals surface area contributed by atoms with Crippen molar-refractivity contribution in [3.05, 3.63) is 29.8 Å². The van der Waals surface area contributed by atoms with Crippen molar-refractivity contribution in [1.82, 2.24) is 10.6 Å². The van der Waals surface area contributed by atoms with Gasteiger partial charge >= 0.3 is 0 Å². The zero-order chi connectivity index (χ0) is 16.2. The van der Waals surface area contributed by atoms with Crippen LogP contribution < -0.4 is 10.6 Å². The van der Waals surface area contributed by atoms with Crippen LogP contribution in [0, 0.1) is 0 Å². The molecule has 23 heavy (non-hydrogen) atoms. The van der Waals surface area contributed by atoms with Crippen LogP contribution in [0.25, 0.3) is 0 Å². The molecule has 0 aromatic heterocycles. The number of sulfone groups is 1. The number of carbonyl (C=O) groups excluding carboxylic acids is 1. The summed E-state index contributed by atoms with van der Waals surface area (Å²) in [5.74, 6) is -0.188. The van der Waals surface area contributed by atoms with Crippen LogP contribution in [0.3, 0.4) is 0 Å². The van der Waals surface area contributed by atoms with E-state index in [-0.39, 0.29) is 29.6 Å². The highest BCUT2D eigenvalue weighted by Crippen LogP contribution is 2.29. The van der Waals surface area contributed by atoms with Gasteiger partial charge in [0.15, 0.2) is 9.84 Å². The van der Waals surface area contributed by atoms with Gasteiger partial charge in [-0.3, -0.25) is 4.79 Å². The number of hydrogen-bond donors (Lipinski definition) is 2. The quantitative estimate of drug-likeness (QED) is 0.815. The van der Waals surface area contributed by atoms with Crippen LogP contribution in [0.5, 0.6) is 0 Å². The first-order chi connectivity index (χ1) is 10.4. The second-order valence-corrected chi connectivity index (χ2v) is 8.10. The fraction of sp³-hybridized carbons (Fsp3) is 0.562. The number of rotatable bonds is 6. The van der Waals surface area contributed by atoms with E-state index in [0.717, 1.165) is 25.7 Å². The van der Waals surface area contributed by atoms with Crippen LogP contribution in [-0.2, 0) is 9.84 Å². The molecule has 5 nitrogen and oxygen atoms in total. The normalized spacial score (nSPS) is 16.6. The summed E-state index contributed by atoms with van der Waals surface area (Å²) < 4.78 is 24.9. The number of amides is 1. The average molecular weight is 361 g/mol. The fourth-order valence-electron chi connectivity index (χ4n) is 2.64. The summed E-state index contributed by atoms with van der Waals surface area (Å²) in [6.07, 6.45) is 3.45. The SMILES string of the molecule is CNC(C)CNC(=O)c1ccc(S(=O)(=O)C2CCCC2)cc1.Cl. The largest absolute Gasteiger partial charge is 0.350 e. The Morgan fingerprint density at radius 2 is 1.78 bits per heavy atom. The number of nitrogens with one attached hydrogen (secondary N) is 2. The molecule has 1 aromatic rings. The Kier molecular flexibility index (Phi) is 7.51. The van der Waals surface area contributed by atoms with E-state index < -0.39 is 9.84 Å². The number of likely N-dealkylation sites (N-methyl/N-ethyl adjacent to an activating group) is 1. The third kappa shape index (κ3) is 4.93. The first-order valence-corrected chi connectivity index (χ1v) is 9.29. The molecule has 1 unspecified atom stereocenters. The molecule has 0 saturated heterocycles. The van der Waals surface area contributed by atoms with E-state index in [9.17, 15) is 13.2 Å². The summed E-state index contributed by atoms with van der Waals surface area (Å²) in [6, 6.07) is 6.45. The third-order valence-corrected chi connectivity index (χ3v) is 6.53. The van der Waals surface area contributed by atoms with Gasteiger partial charge in [0, 0.05) is 18.2 Å². The van der Waals surface area contributed by atoms with Crippen LogP contribution in [0.4, 0.5) is 0 Å².